The Morgan fingerprint density at radius 2 is 2.00 bits per heavy atom. The Hall–Kier alpha value is -2.05. The third-order valence-electron chi connectivity index (χ3n) is 3.07. The molecule has 0 saturated heterocycles. The van der Waals surface area contributed by atoms with E-state index in [1.165, 1.54) is 6.20 Å². The van der Waals surface area contributed by atoms with Crippen LogP contribution in [0.4, 0.5) is 24.7 Å². The summed E-state index contributed by atoms with van der Waals surface area (Å²) in [6, 6.07) is 2.11. The van der Waals surface area contributed by atoms with E-state index in [1.807, 2.05) is 0 Å². The molecule has 12 heteroatoms. The second-order valence-electron chi connectivity index (χ2n) is 4.80. The van der Waals surface area contributed by atoms with Crippen LogP contribution in [0.25, 0.3) is 0 Å². The molecule has 2 aromatic heterocycles. The molecule has 2 aromatic rings. The minimum atomic E-state index is -4.74. The molecule has 1 atom stereocenters. The number of aromatic carboxylic acids is 1. The summed E-state index contributed by atoms with van der Waals surface area (Å²) in [5.74, 6) is -1.08. The van der Waals surface area contributed by atoms with Gasteiger partial charge < -0.3 is 9.66 Å². The van der Waals surface area contributed by atoms with Crippen molar-refractivity contribution in [3.8, 4) is 0 Å². The maximum atomic E-state index is 12.8. The van der Waals surface area contributed by atoms with Gasteiger partial charge in [-0.3, -0.25) is 15.8 Å². The summed E-state index contributed by atoms with van der Waals surface area (Å²) in [5, 5.41) is 9.11. The van der Waals surface area contributed by atoms with Crippen molar-refractivity contribution in [2.75, 3.05) is 16.6 Å². The number of anilines is 2. The predicted octanol–water partition coefficient (Wildman–Crippen LogP) is 3.52. The SMILES string of the molecule is CC[S+]([O-])c1cc(Br)cnc1NNc1cc(C(F)(F)F)ncc1C(=O)O. The van der Waals surface area contributed by atoms with Gasteiger partial charge in [-0.2, -0.15) is 13.2 Å². The highest BCUT2D eigenvalue weighted by Gasteiger charge is 2.33. The number of carboxylic acid groups (broad SMARTS) is 1. The van der Waals surface area contributed by atoms with Gasteiger partial charge in [-0.05, 0) is 40.1 Å². The highest BCUT2D eigenvalue weighted by atomic mass is 79.9. The van der Waals surface area contributed by atoms with Crippen LogP contribution in [-0.4, -0.2) is 31.3 Å². The van der Waals surface area contributed by atoms with Gasteiger partial charge >= 0.3 is 12.1 Å². The molecule has 140 valence electrons. The number of carboxylic acids is 1. The zero-order valence-electron chi connectivity index (χ0n) is 13.1. The number of hydrogen-bond donors (Lipinski definition) is 3. The van der Waals surface area contributed by atoms with Gasteiger partial charge in [0.05, 0.1) is 5.69 Å². The standard InChI is InChI=1S/C14H12BrF3N4O3S/c1-2-26(25)10-3-7(15)5-20-12(10)22-21-9-4-11(14(16,17)18)19-6-8(9)13(23)24/h3-6H,2H2,1H3,(H,19,21)(H,20,22)(H,23,24). The summed E-state index contributed by atoms with van der Waals surface area (Å²) >= 11 is 1.79. The van der Waals surface area contributed by atoms with Gasteiger partial charge in [0.1, 0.15) is 17.0 Å². The molecule has 0 aliphatic rings. The lowest BCUT2D eigenvalue weighted by Gasteiger charge is -2.16. The van der Waals surface area contributed by atoms with Crippen LogP contribution in [0.2, 0.25) is 0 Å². The van der Waals surface area contributed by atoms with Crippen LogP contribution in [0.3, 0.4) is 0 Å². The summed E-state index contributed by atoms with van der Waals surface area (Å²) in [6.45, 7) is 1.69. The Bertz CT molecular complexity index is 823. The first-order valence-electron chi connectivity index (χ1n) is 7.00. The maximum absolute atomic E-state index is 12.8. The molecule has 0 bridgehead atoms. The lowest BCUT2D eigenvalue weighted by molar-refractivity contribution is -0.141. The number of aromatic nitrogens is 2. The highest BCUT2D eigenvalue weighted by molar-refractivity contribution is 9.10. The minimum absolute atomic E-state index is 0.0927. The van der Waals surface area contributed by atoms with E-state index in [9.17, 15) is 22.5 Å². The van der Waals surface area contributed by atoms with Crippen LogP contribution in [0.1, 0.15) is 23.0 Å². The van der Waals surface area contributed by atoms with Crippen LogP contribution < -0.4 is 10.9 Å². The molecule has 2 rings (SSSR count). The number of nitrogens with zero attached hydrogens (tertiary/aromatic N) is 2. The smallest absolute Gasteiger partial charge is 0.433 e. The zero-order valence-corrected chi connectivity index (χ0v) is 15.5. The average molecular weight is 453 g/mol. The fourth-order valence-corrected chi connectivity index (χ4v) is 3.23. The normalized spacial score (nSPS) is 12.5. The van der Waals surface area contributed by atoms with Crippen molar-refractivity contribution < 1.29 is 27.6 Å². The molecule has 0 aliphatic carbocycles. The third-order valence-corrected chi connectivity index (χ3v) is 4.83. The number of hydrogen-bond acceptors (Lipinski definition) is 6. The first kappa shape index (κ1) is 20.3. The summed E-state index contributed by atoms with van der Waals surface area (Å²) < 4.78 is 51.1. The largest absolute Gasteiger partial charge is 0.611 e. The molecule has 0 fully saturated rings. The second kappa shape index (κ2) is 8.10. The molecule has 1 unspecified atom stereocenters. The molecule has 7 nitrogen and oxygen atoms in total. The molecule has 0 spiro atoms. The number of halogens is 4. The average Bonchev–Trinajstić information content (AvgIpc) is 2.58. The molecule has 3 N–H and O–H groups in total. The molecule has 0 saturated carbocycles. The van der Waals surface area contributed by atoms with E-state index in [0.717, 1.165) is 0 Å². The van der Waals surface area contributed by atoms with Crippen LogP contribution >= 0.6 is 15.9 Å². The Kier molecular flexibility index (Phi) is 6.31. The first-order valence-corrected chi connectivity index (χ1v) is 9.11. The van der Waals surface area contributed by atoms with Crippen LogP contribution in [0.5, 0.6) is 0 Å². The fraction of sp³-hybridized carbons (Fsp3) is 0.214. The summed E-state index contributed by atoms with van der Waals surface area (Å²) in [5.41, 5.74) is 2.80. The molecule has 0 amide bonds. The van der Waals surface area contributed by atoms with Crippen molar-refractivity contribution >= 4 is 44.6 Å². The Morgan fingerprint density at radius 3 is 2.58 bits per heavy atom. The lowest BCUT2D eigenvalue weighted by atomic mass is 10.2. The highest BCUT2D eigenvalue weighted by Crippen LogP contribution is 2.31. The number of nitrogens with one attached hydrogen (secondary N) is 2. The van der Waals surface area contributed by atoms with Gasteiger partial charge in [0.2, 0.25) is 5.82 Å². The van der Waals surface area contributed by atoms with Crippen molar-refractivity contribution in [3.05, 3.63) is 40.3 Å². The van der Waals surface area contributed by atoms with Crippen molar-refractivity contribution in [1.82, 2.24) is 9.97 Å². The number of rotatable bonds is 6. The van der Waals surface area contributed by atoms with E-state index in [1.54, 1.807) is 13.0 Å². The minimum Gasteiger partial charge on any atom is -0.611 e. The molecule has 26 heavy (non-hydrogen) atoms. The number of carbonyl (C=O) groups is 1. The molecule has 2 heterocycles. The van der Waals surface area contributed by atoms with E-state index >= 15 is 0 Å². The molecular weight excluding hydrogens is 441 g/mol. The van der Waals surface area contributed by atoms with Crippen LogP contribution in [0, 0.1) is 0 Å². The van der Waals surface area contributed by atoms with E-state index in [0.29, 0.717) is 27.4 Å². The van der Waals surface area contributed by atoms with E-state index in [-0.39, 0.29) is 11.5 Å². The van der Waals surface area contributed by atoms with Gasteiger partial charge in [-0.25, -0.2) is 9.78 Å². The Balaban J connectivity index is 2.36. The first-order chi connectivity index (χ1) is 12.1. The van der Waals surface area contributed by atoms with Crippen molar-refractivity contribution in [2.45, 2.75) is 18.0 Å². The van der Waals surface area contributed by atoms with Crippen LogP contribution in [0.15, 0.2) is 33.9 Å². The van der Waals surface area contributed by atoms with E-state index < -0.39 is 34.6 Å². The quantitative estimate of drug-likeness (QED) is 0.454. The predicted molar refractivity (Wildman–Crippen MR) is 92.3 cm³/mol. The van der Waals surface area contributed by atoms with Gasteiger partial charge in [-0.15, -0.1) is 0 Å². The Morgan fingerprint density at radius 1 is 1.31 bits per heavy atom. The monoisotopic (exact) mass is 452 g/mol. The van der Waals surface area contributed by atoms with E-state index in [2.05, 4.69) is 36.7 Å². The number of alkyl halides is 3. The molecule has 0 radical (unpaired) electrons. The fourth-order valence-electron chi connectivity index (χ4n) is 1.85. The number of hydrazine groups is 1. The van der Waals surface area contributed by atoms with Crippen molar-refractivity contribution in [2.24, 2.45) is 0 Å². The van der Waals surface area contributed by atoms with Crippen LogP contribution in [-0.2, 0) is 17.4 Å². The second-order valence-corrected chi connectivity index (χ2v) is 7.43. The summed E-state index contributed by atoms with van der Waals surface area (Å²) in [7, 11) is 0. The summed E-state index contributed by atoms with van der Waals surface area (Å²) in [4.78, 5) is 18.6. The maximum Gasteiger partial charge on any atom is 0.433 e. The lowest BCUT2D eigenvalue weighted by Crippen LogP contribution is -2.18. The van der Waals surface area contributed by atoms with Gasteiger partial charge in [0.25, 0.3) is 0 Å². The van der Waals surface area contributed by atoms with Crippen molar-refractivity contribution in [3.63, 3.8) is 0 Å². The van der Waals surface area contributed by atoms with Gasteiger partial charge in [0, 0.05) is 22.9 Å². The van der Waals surface area contributed by atoms with Crippen molar-refractivity contribution in [1.29, 1.82) is 0 Å². The molecule has 0 aliphatic heterocycles. The topological polar surface area (TPSA) is 110 Å². The molecular formula is C14H12BrF3N4O3S. The molecule has 0 aromatic carbocycles. The number of pyridine rings is 2. The third kappa shape index (κ3) is 4.77. The summed E-state index contributed by atoms with van der Waals surface area (Å²) in [6.07, 6.45) is -2.74. The van der Waals surface area contributed by atoms with Gasteiger partial charge in [-0.1, -0.05) is 0 Å². The Labute approximate surface area is 157 Å². The zero-order chi connectivity index (χ0) is 19.5. The van der Waals surface area contributed by atoms with Gasteiger partial charge in [0.15, 0.2) is 4.90 Å². The van der Waals surface area contributed by atoms with E-state index in [4.69, 9.17) is 5.11 Å².